The molecule has 2 aliphatic heterocycles. The van der Waals surface area contributed by atoms with Gasteiger partial charge in [-0.05, 0) is 43.5 Å². The molecule has 1 aromatic rings. The van der Waals surface area contributed by atoms with Gasteiger partial charge in [0, 0.05) is 49.4 Å². The van der Waals surface area contributed by atoms with E-state index in [0.29, 0.717) is 6.04 Å². The molecule has 5 nitrogen and oxygen atoms in total. The lowest BCUT2D eigenvalue weighted by Gasteiger charge is -2.42. The molecule has 1 atom stereocenters. The monoisotopic (exact) mass is 377 g/mol. The summed E-state index contributed by atoms with van der Waals surface area (Å²) in [6.45, 7) is 6.59. The number of nitrogens with zero attached hydrogens (tertiary/aromatic N) is 2. The van der Waals surface area contributed by atoms with Gasteiger partial charge in [-0.15, -0.1) is 0 Å². The summed E-state index contributed by atoms with van der Waals surface area (Å²) < 4.78 is 5.17. The Hall–Kier alpha value is -1.24. The molecule has 0 unspecified atom stereocenters. The molecule has 26 heavy (non-hydrogen) atoms. The van der Waals surface area contributed by atoms with E-state index in [0.717, 1.165) is 30.9 Å². The summed E-state index contributed by atoms with van der Waals surface area (Å²) in [4.78, 5) is 17.8. The first kappa shape index (κ1) is 19.5. The highest BCUT2D eigenvalue weighted by Gasteiger charge is 2.31. The molecule has 1 amide bonds. The third kappa shape index (κ3) is 4.93. The van der Waals surface area contributed by atoms with E-state index in [4.69, 9.17) is 4.74 Å². The maximum absolute atomic E-state index is 12.8. The van der Waals surface area contributed by atoms with Gasteiger partial charge in [-0.25, -0.2) is 0 Å². The lowest BCUT2D eigenvalue weighted by Crippen LogP contribution is -2.52. The summed E-state index contributed by atoms with van der Waals surface area (Å²) in [6.07, 6.45) is 3.20. The zero-order chi connectivity index (χ0) is 18.4. The van der Waals surface area contributed by atoms with Gasteiger partial charge < -0.3 is 10.1 Å². The van der Waals surface area contributed by atoms with Gasteiger partial charge >= 0.3 is 0 Å². The van der Waals surface area contributed by atoms with Gasteiger partial charge in [0.25, 0.3) is 0 Å². The quantitative estimate of drug-likeness (QED) is 0.826. The fraction of sp³-hybridized carbons (Fsp3) is 0.650. The lowest BCUT2D eigenvalue weighted by atomic mass is 10.00. The minimum absolute atomic E-state index is 0.0463. The molecule has 2 heterocycles. The number of ether oxygens (including phenoxy) is 1. The van der Waals surface area contributed by atoms with E-state index >= 15 is 0 Å². The Morgan fingerprint density at radius 3 is 2.42 bits per heavy atom. The van der Waals surface area contributed by atoms with Crippen LogP contribution < -0.4 is 10.1 Å². The van der Waals surface area contributed by atoms with Gasteiger partial charge in [-0.1, -0.05) is 6.92 Å². The number of thioether (sulfide) groups is 1. The molecule has 3 rings (SSSR count). The van der Waals surface area contributed by atoms with Crippen LogP contribution in [-0.2, 0) is 4.79 Å². The van der Waals surface area contributed by atoms with Crippen molar-refractivity contribution in [2.24, 2.45) is 0 Å². The first-order valence-corrected chi connectivity index (χ1v) is 10.9. The van der Waals surface area contributed by atoms with Crippen LogP contribution in [0.15, 0.2) is 24.3 Å². The van der Waals surface area contributed by atoms with Crippen LogP contribution in [-0.4, -0.2) is 72.6 Å². The number of carbonyl (C=O) groups excluding carboxylic acids is 1. The molecule has 6 heteroatoms. The predicted molar refractivity (Wildman–Crippen MR) is 109 cm³/mol. The van der Waals surface area contributed by atoms with E-state index < -0.39 is 0 Å². The maximum Gasteiger partial charge on any atom is 0.241 e. The van der Waals surface area contributed by atoms with Gasteiger partial charge in [0.15, 0.2) is 0 Å². The Labute approximate surface area is 161 Å². The summed E-state index contributed by atoms with van der Waals surface area (Å²) >= 11 is 2.07. The van der Waals surface area contributed by atoms with Crippen LogP contribution in [0.4, 0.5) is 5.69 Å². The number of methoxy groups -OCH3 is 1. The van der Waals surface area contributed by atoms with Crippen molar-refractivity contribution in [2.45, 2.75) is 38.3 Å². The van der Waals surface area contributed by atoms with Crippen molar-refractivity contribution in [1.29, 1.82) is 0 Å². The van der Waals surface area contributed by atoms with Gasteiger partial charge in [0.2, 0.25) is 5.91 Å². The normalized spacial score (nSPS) is 21.3. The van der Waals surface area contributed by atoms with Crippen molar-refractivity contribution in [2.75, 3.05) is 50.1 Å². The van der Waals surface area contributed by atoms with Gasteiger partial charge in [0.1, 0.15) is 5.75 Å². The van der Waals surface area contributed by atoms with Crippen molar-refractivity contribution >= 4 is 23.4 Å². The van der Waals surface area contributed by atoms with Crippen LogP contribution in [0.3, 0.4) is 0 Å². The molecule has 2 aliphatic rings. The molecule has 0 radical (unpaired) electrons. The lowest BCUT2D eigenvalue weighted by molar-refractivity contribution is -0.122. The number of anilines is 1. The zero-order valence-electron chi connectivity index (χ0n) is 15.9. The number of amides is 1. The molecular weight excluding hydrogens is 346 g/mol. The second-order valence-corrected chi connectivity index (χ2v) is 8.28. The second kappa shape index (κ2) is 9.62. The van der Waals surface area contributed by atoms with E-state index in [2.05, 4.69) is 33.8 Å². The molecule has 1 N–H and O–H groups in total. The maximum atomic E-state index is 12.8. The number of benzene rings is 1. The van der Waals surface area contributed by atoms with E-state index in [9.17, 15) is 4.79 Å². The number of nitrogens with one attached hydrogen (secondary N) is 1. The molecule has 0 bridgehead atoms. The largest absolute Gasteiger partial charge is 0.497 e. The summed E-state index contributed by atoms with van der Waals surface area (Å²) in [5.74, 6) is 3.43. The number of hydrogen-bond donors (Lipinski definition) is 1. The Morgan fingerprint density at radius 2 is 1.85 bits per heavy atom. The minimum atomic E-state index is -0.0463. The Balaban J connectivity index is 1.52. The summed E-state index contributed by atoms with van der Waals surface area (Å²) in [7, 11) is 1.65. The zero-order valence-corrected chi connectivity index (χ0v) is 16.8. The molecule has 0 spiro atoms. The molecule has 2 fully saturated rings. The summed E-state index contributed by atoms with van der Waals surface area (Å²) in [5, 5.41) is 3.07. The summed E-state index contributed by atoms with van der Waals surface area (Å²) in [6, 6.07) is 8.19. The number of rotatable bonds is 6. The smallest absolute Gasteiger partial charge is 0.241 e. The topological polar surface area (TPSA) is 44.8 Å². The second-order valence-electron chi connectivity index (χ2n) is 7.06. The number of hydrogen-bond acceptors (Lipinski definition) is 5. The van der Waals surface area contributed by atoms with Crippen molar-refractivity contribution in [1.82, 2.24) is 9.80 Å². The van der Waals surface area contributed by atoms with Crippen LogP contribution in [0.2, 0.25) is 0 Å². The van der Waals surface area contributed by atoms with Crippen LogP contribution in [0.1, 0.15) is 26.2 Å². The molecule has 2 saturated heterocycles. The number of piperidine rings is 1. The van der Waals surface area contributed by atoms with Gasteiger partial charge in [-0.3, -0.25) is 14.6 Å². The highest BCUT2D eigenvalue weighted by Crippen LogP contribution is 2.23. The SMILES string of the molecule is CC[C@@H](C(=O)Nc1ccc(OC)cc1)N1CCC(N2CCSCC2)CC1. The molecule has 0 aromatic heterocycles. The minimum Gasteiger partial charge on any atom is -0.497 e. The number of carbonyl (C=O) groups is 1. The van der Waals surface area contributed by atoms with Crippen molar-refractivity contribution < 1.29 is 9.53 Å². The molecule has 0 saturated carbocycles. The van der Waals surface area contributed by atoms with Crippen molar-refractivity contribution in [3.8, 4) is 5.75 Å². The van der Waals surface area contributed by atoms with Gasteiger partial charge in [0.05, 0.1) is 13.2 Å². The Morgan fingerprint density at radius 1 is 1.19 bits per heavy atom. The first-order chi connectivity index (χ1) is 12.7. The first-order valence-electron chi connectivity index (χ1n) is 9.72. The summed E-state index contributed by atoms with van der Waals surface area (Å²) in [5.41, 5.74) is 0.829. The van der Waals surface area contributed by atoms with Crippen LogP contribution in [0.25, 0.3) is 0 Å². The highest BCUT2D eigenvalue weighted by atomic mass is 32.2. The van der Waals surface area contributed by atoms with E-state index in [-0.39, 0.29) is 11.9 Å². The fourth-order valence-corrected chi connectivity index (χ4v) is 4.95. The molecule has 0 aliphatic carbocycles. The van der Waals surface area contributed by atoms with Gasteiger partial charge in [-0.2, -0.15) is 11.8 Å². The highest BCUT2D eigenvalue weighted by molar-refractivity contribution is 7.99. The average Bonchev–Trinajstić information content (AvgIpc) is 2.70. The van der Waals surface area contributed by atoms with Crippen molar-refractivity contribution in [3.63, 3.8) is 0 Å². The van der Waals surface area contributed by atoms with Crippen molar-refractivity contribution in [3.05, 3.63) is 24.3 Å². The predicted octanol–water partition coefficient (Wildman–Crippen LogP) is 2.93. The Kier molecular flexibility index (Phi) is 7.23. The fourth-order valence-electron chi connectivity index (χ4n) is 4.01. The van der Waals surface area contributed by atoms with E-state index in [1.54, 1.807) is 7.11 Å². The standard InChI is InChI=1S/C20H31N3O2S/c1-3-19(20(24)21-16-4-6-18(25-2)7-5-16)23-10-8-17(9-11-23)22-12-14-26-15-13-22/h4-7,17,19H,3,8-15H2,1-2H3,(H,21,24)/t19-/m0/s1. The Bertz CT molecular complexity index is 567. The van der Waals surface area contributed by atoms with Crippen LogP contribution >= 0.6 is 11.8 Å². The third-order valence-electron chi connectivity index (χ3n) is 5.55. The number of likely N-dealkylation sites (tertiary alicyclic amines) is 1. The molecular formula is C20H31N3O2S. The third-order valence-corrected chi connectivity index (χ3v) is 6.49. The van der Waals surface area contributed by atoms with E-state index in [1.165, 1.54) is 37.4 Å². The molecule has 1 aromatic carbocycles. The van der Waals surface area contributed by atoms with E-state index in [1.807, 2.05) is 24.3 Å². The molecule has 144 valence electrons. The van der Waals surface area contributed by atoms with Crippen LogP contribution in [0.5, 0.6) is 5.75 Å². The van der Waals surface area contributed by atoms with Crippen LogP contribution in [0, 0.1) is 0 Å². The average molecular weight is 378 g/mol.